The molecule has 0 atom stereocenters. The number of imidazole rings is 1. The Kier molecular flexibility index (Phi) is 5.61. The van der Waals surface area contributed by atoms with Crippen LogP contribution in [0.15, 0.2) is 59.1 Å². The second kappa shape index (κ2) is 8.33. The molecular weight excluding hydrogens is 474 g/mol. The molecule has 0 aliphatic carbocycles. The summed E-state index contributed by atoms with van der Waals surface area (Å²) in [5.41, 5.74) is 1.80. The minimum atomic E-state index is -1.00. The van der Waals surface area contributed by atoms with E-state index in [1.165, 1.54) is 12.1 Å². The lowest BCUT2D eigenvalue weighted by Gasteiger charge is -2.08. The van der Waals surface area contributed by atoms with Gasteiger partial charge in [0.15, 0.2) is 0 Å². The van der Waals surface area contributed by atoms with Crippen molar-refractivity contribution in [3.8, 4) is 17.4 Å². The fourth-order valence-corrected chi connectivity index (χ4v) is 3.22. The number of carboxylic acids is 1. The first-order valence-electron chi connectivity index (χ1n) is 8.82. The summed E-state index contributed by atoms with van der Waals surface area (Å²) in [5.74, 6) is 1.12. The molecule has 7 nitrogen and oxygen atoms in total. The Hall–Kier alpha value is -3.10. The highest BCUT2D eigenvalue weighted by Gasteiger charge is 2.12. The van der Waals surface area contributed by atoms with Gasteiger partial charge in [0, 0.05) is 19.2 Å². The van der Waals surface area contributed by atoms with Gasteiger partial charge < -0.3 is 19.1 Å². The lowest BCUT2D eigenvalue weighted by atomic mass is 10.2. The summed E-state index contributed by atoms with van der Waals surface area (Å²) >= 11 is 9.32. The fourth-order valence-electron chi connectivity index (χ4n) is 2.86. The zero-order chi connectivity index (χ0) is 21.3. The molecule has 1 N–H and O–H groups in total. The first-order valence-corrected chi connectivity index (χ1v) is 9.99. The SMILES string of the molecule is Cn1c(COc2cccc(C(=O)O)c2)nc2ccc(Oc3ccc(Br)c(Cl)n3)cc21. The molecular formula is C21H15BrClN3O4. The van der Waals surface area contributed by atoms with Gasteiger partial charge in [-0.15, -0.1) is 0 Å². The van der Waals surface area contributed by atoms with Crippen molar-refractivity contribution in [1.82, 2.24) is 14.5 Å². The summed E-state index contributed by atoms with van der Waals surface area (Å²) in [6, 6.07) is 15.3. The highest BCUT2D eigenvalue weighted by atomic mass is 79.9. The predicted molar refractivity (Wildman–Crippen MR) is 115 cm³/mol. The van der Waals surface area contributed by atoms with E-state index in [0.717, 1.165) is 11.0 Å². The third kappa shape index (κ3) is 4.24. The molecule has 30 heavy (non-hydrogen) atoms. The molecule has 0 saturated heterocycles. The first kappa shape index (κ1) is 20.2. The molecule has 4 rings (SSSR count). The average molecular weight is 489 g/mol. The fraction of sp³-hybridized carbons (Fsp3) is 0.0952. The quantitative estimate of drug-likeness (QED) is 0.363. The summed E-state index contributed by atoms with van der Waals surface area (Å²) in [7, 11) is 1.88. The van der Waals surface area contributed by atoms with E-state index in [9.17, 15) is 4.79 Å². The number of aromatic nitrogens is 3. The van der Waals surface area contributed by atoms with E-state index in [4.69, 9.17) is 26.2 Å². The Bertz CT molecular complexity index is 1260. The van der Waals surface area contributed by atoms with Crippen molar-refractivity contribution >= 4 is 44.5 Å². The number of halogens is 2. The Morgan fingerprint density at radius 3 is 2.73 bits per heavy atom. The molecule has 0 fully saturated rings. The Morgan fingerprint density at radius 1 is 1.13 bits per heavy atom. The lowest BCUT2D eigenvalue weighted by Crippen LogP contribution is -2.04. The van der Waals surface area contributed by atoms with Crippen LogP contribution in [0.1, 0.15) is 16.2 Å². The number of ether oxygens (including phenoxy) is 2. The van der Waals surface area contributed by atoms with Crippen LogP contribution in [0.4, 0.5) is 0 Å². The normalized spacial score (nSPS) is 10.9. The number of hydrogen-bond donors (Lipinski definition) is 1. The van der Waals surface area contributed by atoms with Gasteiger partial charge in [0.25, 0.3) is 0 Å². The molecule has 9 heteroatoms. The van der Waals surface area contributed by atoms with Crippen LogP contribution >= 0.6 is 27.5 Å². The standard InChI is InChI=1S/C21H15BrClN3O4/c1-26-17-10-14(30-19-8-6-15(22)20(23)25-19)5-7-16(17)24-18(26)11-29-13-4-2-3-12(9-13)21(27)28/h2-10H,11H2,1H3,(H,27,28). The van der Waals surface area contributed by atoms with Gasteiger partial charge in [-0.2, -0.15) is 0 Å². The Labute approximate surface area is 185 Å². The molecule has 2 heterocycles. The zero-order valence-corrected chi connectivity index (χ0v) is 18.0. The third-order valence-electron chi connectivity index (χ3n) is 4.39. The molecule has 0 radical (unpaired) electrons. The maximum Gasteiger partial charge on any atom is 0.335 e. The molecule has 152 valence electrons. The summed E-state index contributed by atoms with van der Waals surface area (Å²) in [6.07, 6.45) is 0. The van der Waals surface area contributed by atoms with Crippen molar-refractivity contribution in [2.75, 3.05) is 0 Å². The number of carboxylic acid groups (broad SMARTS) is 1. The van der Waals surface area contributed by atoms with E-state index in [1.807, 2.05) is 23.7 Å². The molecule has 0 aliphatic heterocycles. The maximum absolute atomic E-state index is 11.1. The van der Waals surface area contributed by atoms with E-state index >= 15 is 0 Å². The summed E-state index contributed by atoms with van der Waals surface area (Å²) in [6.45, 7) is 0.189. The monoisotopic (exact) mass is 487 g/mol. The van der Waals surface area contributed by atoms with Crippen molar-refractivity contribution in [2.24, 2.45) is 7.05 Å². The highest BCUT2D eigenvalue weighted by molar-refractivity contribution is 9.10. The summed E-state index contributed by atoms with van der Waals surface area (Å²) in [4.78, 5) is 19.9. The molecule has 2 aromatic carbocycles. The van der Waals surface area contributed by atoms with Gasteiger partial charge in [0.05, 0.1) is 21.1 Å². The van der Waals surface area contributed by atoms with Gasteiger partial charge in [-0.1, -0.05) is 17.7 Å². The number of hydrogen-bond acceptors (Lipinski definition) is 5. The molecule has 4 aromatic rings. The largest absolute Gasteiger partial charge is 0.486 e. The molecule has 0 saturated carbocycles. The van der Waals surface area contributed by atoms with Crippen LogP contribution in [-0.2, 0) is 13.7 Å². The molecule has 2 aromatic heterocycles. The minimum absolute atomic E-state index is 0.168. The van der Waals surface area contributed by atoms with Gasteiger partial charge in [0.1, 0.15) is 29.1 Å². The van der Waals surface area contributed by atoms with Crippen LogP contribution in [-0.4, -0.2) is 25.6 Å². The van der Waals surface area contributed by atoms with E-state index < -0.39 is 5.97 Å². The van der Waals surface area contributed by atoms with Crippen molar-refractivity contribution in [3.05, 3.63) is 75.6 Å². The topological polar surface area (TPSA) is 86.5 Å². The molecule has 0 spiro atoms. The molecule has 0 bridgehead atoms. The van der Waals surface area contributed by atoms with Crippen LogP contribution in [0.25, 0.3) is 11.0 Å². The van der Waals surface area contributed by atoms with Crippen LogP contribution in [0.5, 0.6) is 17.4 Å². The predicted octanol–water partition coefficient (Wildman–Crippen LogP) is 5.45. The number of fused-ring (bicyclic) bond motifs is 1. The Morgan fingerprint density at radius 2 is 1.97 bits per heavy atom. The van der Waals surface area contributed by atoms with Gasteiger partial charge in [-0.05, 0) is 52.3 Å². The van der Waals surface area contributed by atoms with Crippen molar-refractivity contribution in [1.29, 1.82) is 0 Å². The zero-order valence-electron chi connectivity index (χ0n) is 15.7. The number of pyridine rings is 1. The number of carbonyl (C=O) groups is 1. The van der Waals surface area contributed by atoms with Gasteiger partial charge in [-0.25, -0.2) is 14.8 Å². The van der Waals surface area contributed by atoms with Crippen molar-refractivity contribution in [2.45, 2.75) is 6.61 Å². The van der Waals surface area contributed by atoms with Crippen LogP contribution in [0.2, 0.25) is 5.15 Å². The van der Waals surface area contributed by atoms with Crippen molar-refractivity contribution in [3.63, 3.8) is 0 Å². The van der Waals surface area contributed by atoms with Gasteiger partial charge >= 0.3 is 5.97 Å². The molecule has 0 amide bonds. The van der Waals surface area contributed by atoms with Crippen LogP contribution < -0.4 is 9.47 Å². The third-order valence-corrected chi connectivity index (χ3v) is 5.55. The maximum atomic E-state index is 11.1. The summed E-state index contributed by atoms with van der Waals surface area (Å²) in [5, 5.41) is 9.42. The smallest absolute Gasteiger partial charge is 0.335 e. The van der Waals surface area contributed by atoms with Gasteiger partial charge in [0.2, 0.25) is 5.88 Å². The van der Waals surface area contributed by atoms with E-state index in [1.54, 1.807) is 30.3 Å². The number of aromatic carboxylic acids is 1. The van der Waals surface area contributed by atoms with E-state index in [-0.39, 0.29) is 12.2 Å². The van der Waals surface area contributed by atoms with Crippen LogP contribution in [0, 0.1) is 0 Å². The first-order chi connectivity index (χ1) is 14.4. The van der Waals surface area contributed by atoms with Gasteiger partial charge in [-0.3, -0.25) is 0 Å². The number of nitrogens with zero attached hydrogens (tertiary/aromatic N) is 3. The molecule has 0 unspecified atom stereocenters. The number of benzene rings is 2. The second-order valence-electron chi connectivity index (χ2n) is 6.38. The second-order valence-corrected chi connectivity index (χ2v) is 7.60. The Balaban J connectivity index is 1.54. The lowest BCUT2D eigenvalue weighted by molar-refractivity contribution is 0.0696. The summed E-state index contributed by atoms with van der Waals surface area (Å²) < 4.78 is 14.1. The number of aryl methyl sites for hydroxylation is 1. The number of rotatable bonds is 6. The molecule has 0 aliphatic rings. The minimum Gasteiger partial charge on any atom is -0.486 e. The van der Waals surface area contributed by atoms with Crippen LogP contribution in [0.3, 0.4) is 0 Å². The average Bonchev–Trinajstić information content (AvgIpc) is 3.05. The van der Waals surface area contributed by atoms with E-state index in [0.29, 0.717) is 32.8 Å². The highest BCUT2D eigenvalue weighted by Crippen LogP contribution is 2.28. The van der Waals surface area contributed by atoms with E-state index in [2.05, 4.69) is 25.9 Å². The van der Waals surface area contributed by atoms with Crippen molar-refractivity contribution < 1.29 is 19.4 Å².